The van der Waals surface area contributed by atoms with E-state index in [1.54, 1.807) is 0 Å². The largest absolute Gasteiger partial charge is 0.346 e. The summed E-state index contributed by atoms with van der Waals surface area (Å²) in [5.74, 6) is -0.892. The van der Waals surface area contributed by atoms with Gasteiger partial charge < -0.3 is 5.32 Å². The number of amides is 1. The van der Waals surface area contributed by atoms with E-state index in [9.17, 15) is 13.2 Å². The lowest BCUT2D eigenvalue weighted by Crippen LogP contribution is -2.33. The van der Waals surface area contributed by atoms with Crippen LogP contribution in [-0.4, -0.2) is 30.8 Å². The normalized spacial score (nSPS) is 14.1. The quantitative estimate of drug-likeness (QED) is 0.859. The number of sulfone groups is 1. The monoisotopic (exact) mass is 346 g/mol. The topological polar surface area (TPSA) is 76.1 Å². The first kappa shape index (κ1) is 19.1. The highest BCUT2D eigenvalue weighted by Gasteiger charge is 2.22. The van der Waals surface area contributed by atoms with Crippen LogP contribution in [0.2, 0.25) is 0 Å². The Kier molecular flexibility index (Phi) is 6.15. The molecule has 7 heteroatoms. The Morgan fingerprint density at radius 2 is 1.91 bits per heavy atom. The maximum Gasteiger partial charge on any atom is 0.235 e. The first-order valence-electron chi connectivity index (χ1n) is 7.36. The minimum Gasteiger partial charge on any atom is -0.346 e. The van der Waals surface area contributed by atoms with Crippen LogP contribution in [0, 0.1) is 5.92 Å². The number of hydrogen-bond donors (Lipinski definition) is 1. The van der Waals surface area contributed by atoms with E-state index in [1.807, 2.05) is 26.2 Å². The van der Waals surface area contributed by atoms with E-state index >= 15 is 0 Å². The lowest BCUT2D eigenvalue weighted by molar-refractivity contribution is -0.119. The maximum atomic E-state index is 11.9. The highest BCUT2D eigenvalue weighted by atomic mass is 32.2. The molecular weight excluding hydrogens is 320 g/mol. The van der Waals surface area contributed by atoms with Crippen molar-refractivity contribution in [1.29, 1.82) is 0 Å². The van der Waals surface area contributed by atoms with Crippen molar-refractivity contribution >= 4 is 27.1 Å². The van der Waals surface area contributed by atoms with Crippen molar-refractivity contribution in [2.45, 2.75) is 53.0 Å². The molecule has 0 aliphatic carbocycles. The molecule has 1 N–H and O–H groups in total. The molecule has 0 saturated carbocycles. The van der Waals surface area contributed by atoms with E-state index in [2.05, 4.69) is 31.1 Å². The molecule has 1 rings (SSSR count). The molecule has 1 amide bonds. The number of carbonyl (C=O) groups excluding carboxylic acids is 1. The van der Waals surface area contributed by atoms with Gasteiger partial charge in [-0.05, 0) is 12.8 Å². The second-order valence-electron chi connectivity index (χ2n) is 7.06. The van der Waals surface area contributed by atoms with Gasteiger partial charge in [-0.25, -0.2) is 13.4 Å². The Morgan fingerprint density at radius 3 is 2.36 bits per heavy atom. The third-order valence-corrected chi connectivity index (χ3v) is 5.88. The minimum absolute atomic E-state index is 0.0172. The molecule has 0 aliphatic rings. The van der Waals surface area contributed by atoms with Crippen molar-refractivity contribution in [3.8, 4) is 0 Å². The Labute approximate surface area is 137 Å². The summed E-state index contributed by atoms with van der Waals surface area (Å²) in [5.41, 5.74) is 0.931. The number of nitrogens with zero attached hydrogens (tertiary/aromatic N) is 1. The zero-order valence-corrected chi connectivity index (χ0v) is 15.8. The van der Waals surface area contributed by atoms with Crippen molar-refractivity contribution in [1.82, 2.24) is 10.3 Å². The van der Waals surface area contributed by atoms with Crippen LogP contribution >= 0.6 is 11.3 Å². The maximum absolute atomic E-state index is 11.9. The molecule has 0 spiro atoms. The van der Waals surface area contributed by atoms with Gasteiger partial charge in [-0.2, -0.15) is 0 Å². The van der Waals surface area contributed by atoms with Crippen molar-refractivity contribution in [3.05, 3.63) is 16.1 Å². The third kappa shape index (κ3) is 6.04. The Balaban J connectivity index is 2.67. The number of nitrogens with one attached hydrogen (secondary N) is 1. The van der Waals surface area contributed by atoms with Gasteiger partial charge in [0.25, 0.3) is 0 Å². The summed E-state index contributed by atoms with van der Waals surface area (Å²) >= 11 is 1.48. The molecule has 1 atom stereocenters. The third-order valence-electron chi connectivity index (χ3n) is 2.98. The number of thiazole rings is 1. The lowest BCUT2D eigenvalue weighted by atomic mass is 9.93. The van der Waals surface area contributed by atoms with Gasteiger partial charge in [-0.15, -0.1) is 11.3 Å². The van der Waals surface area contributed by atoms with Crippen LogP contribution in [-0.2, 0) is 20.0 Å². The first-order valence-corrected chi connectivity index (χ1v) is 10.1. The van der Waals surface area contributed by atoms with Crippen LogP contribution in [0.15, 0.2) is 5.38 Å². The van der Waals surface area contributed by atoms with E-state index in [0.29, 0.717) is 0 Å². The number of rotatable bonds is 6. The first-order chi connectivity index (χ1) is 9.90. The van der Waals surface area contributed by atoms with Gasteiger partial charge in [0.05, 0.1) is 17.5 Å². The van der Waals surface area contributed by atoms with Gasteiger partial charge in [-0.1, -0.05) is 34.6 Å². The van der Waals surface area contributed by atoms with Gasteiger partial charge in [0.1, 0.15) is 10.8 Å². The summed E-state index contributed by atoms with van der Waals surface area (Å²) in [6.45, 7) is 11.7. The van der Waals surface area contributed by atoms with E-state index < -0.39 is 21.5 Å². The highest BCUT2D eigenvalue weighted by molar-refractivity contribution is 7.92. The van der Waals surface area contributed by atoms with Gasteiger partial charge in [0.2, 0.25) is 5.91 Å². The summed E-state index contributed by atoms with van der Waals surface area (Å²) in [6.07, 6.45) is 0. The van der Waals surface area contributed by atoms with Crippen LogP contribution in [0.25, 0.3) is 0 Å². The van der Waals surface area contributed by atoms with E-state index in [0.717, 1.165) is 10.7 Å². The smallest absolute Gasteiger partial charge is 0.235 e. The van der Waals surface area contributed by atoms with Gasteiger partial charge >= 0.3 is 0 Å². The molecule has 1 heterocycles. The molecule has 0 fully saturated rings. The minimum atomic E-state index is -3.35. The molecule has 0 aliphatic heterocycles. The van der Waals surface area contributed by atoms with Crippen molar-refractivity contribution < 1.29 is 13.2 Å². The zero-order chi connectivity index (χ0) is 17.1. The molecule has 126 valence electrons. The number of carbonyl (C=O) groups is 1. The molecule has 22 heavy (non-hydrogen) atoms. The summed E-state index contributed by atoms with van der Waals surface area (Å²) in [4.78, 5) is 16.4. The molecule has 0 radical (unpaired) electrons. The highest BCUT2D eigenvalue weighted by Crippen LogP contribution is 2.26. The van der Waals surface area contributed by atoms with Gasteiger partial charge in [0.15, 0.2) is 9.84 Å². The van der Waals surface area contributed by atoms with Crippen molar-refractivity contribution in [2.24, 2.45) is 5.92 Å². The van der Waals surface area contributed by atoms with E-state index in [4.69, 9.17) is 0 Å². The number of hydrogen-bond acceptors (Lipinski definition) is 5. The average Bonchev–Trinajstić information content (AvgIpc) is 2.73. The van der Waals surface area contributed by atoms with Crippen LogP contribution in [0.4, 0.5) is 0 Å². The van der Waals surface area contributed by atoms with Crippen LogP contribution in [0.5, 0.6) is 0 Å². The molecule has 1 aromatic rings. The molecule has 0 bridgehead atoms. The molecule has 5 nitrogen and oxygen atoms in total. The molecule has 0 saturated heterocycles. The summed E-state index contributed by atoms with van der Waals surface area (Å²) in [6, 6.07) is -0.289. The SMILES string of the molecule is CC(C)CS(=O)(=O)CC(=O)NC(C)c1nc(C(C)(C)C)cs1. The van der Waals surface area contributed by atoms with Crippen molar-refractivity contribution in [2.75, 3.05) is 11.5 Å². The summed E-state index contributed by atoms with van der Waals surface area (Å²) in [5, 5.41) is 5.49. The lowest BCUT2D eigenvalue weighted by Gasteiger charge is -2.15. The summed E-state index contributed by atoms with van der Waals surface area (Å²) in [7, 11) is -3.35. The Hall–Kier alpha value is -0.950. The second kappa shape index (κ2) is 7.08. The van der Waals surface area contributed by atoms with E-state index in [1.165, 1.54) is 11.3 Å². The molecule has 1 aromatic heterocycles. The predicted octanol–water partition coefficient (Wildman–Crippen LogP) is 2.69. The molecular formula is C15H26N2O3S2. The van der Waals surface area contributed by atoms with E-state index in [-0.39, 0.29) is 23.1 Å². The zero-order valence-electron chi connectivity index (χ0n) is 14.1. The standard InChI is InChI=1S/C15H26N2O3S2/c1-10(2)8-22(19,20)9-13(18)16-11(3)14-17-12(7-21-14)15(4,5)6/h7,10-11H,8-9H2,1-6H3,(H,16,18). The van der Waals surface area contributed by atoms with Gasteiger partial charge in [0, 0.05) is 10.8 Å². The fourth-order valence-corrected chi connectivity index (χ4v) is 4.61. The molecule has 0 aromatic carbocycles. The van der Waals surface area contributed by atoms with Crippen LogP contribution < -0.4 is 5.32 Å². The Bertz CT molecular complexity index is 613. The Morgan fingerprint density at radius 1 is 1.32 bits per heavy atom. The fourth-order valence-electron chi connectivity index (χ4n) is 1.94. The fraction of sp³-hybridized carbons (Fsp3) is 0.733. The van der Waals surface area contributed by atoms with Crippen molar-refractivity contribution in [3.63, 3.8) is 0 Å². The van der Waals surface area contributed by atoms with Crippen LogP contribution in [0.3, 0.4) is 0 Å². The van der Waals surface area contributed by atoms with Gasteiger partial charge in [-0.3, -0.25) is 4.79 Å². The number of aromatic nitrogens is 1. The second-order valence-corrected chi connectivity index (χ2v) is 10.1. The molecule has 1 unspecified atom stereocenters. The average molecular weight is 347 g/mol. The van der Waals surface area contributed by atoms with Crippen LogP contribution in [0.1, 0.15) is 58.3 Å². The predicted molar refractivity (Wildman–Crippen MR) is 90.9 cm³/mol. The summed E-state index contributed by atoms with van der Waals surface area (Å²) < 4.78 is 23.7.